The molecule has 3 aromatic rings. The largest absolute Gasteiger partial charge is 0.336 e. The highest BCUT2D eigenvalue weighted by molar-refractivity contribution is 5.95. The van der Waals surface area contributed by atoms with E-state index in [1.165, 1.54) is 12.1 Å². The van der Waals surface area contributed by atoms with Gasteiger partial charge in [-0.2, -0.15) is 4.80 Å². The van der Waals surface area contributed by atoms with E-state index >= 15 is 0 Å². The maximum absolute atomic E-state index is 13.3. The first-order valence-electron chi connectivity index (χ1n) is 9.02. The minimum absolute atomic E-state index is 0.0200. The molecule has 1 saturated heterocycles. The van der Waals surface area contributed by atoms with Gasteiger partial charge in [0.25, 0.3) is 5.91 Å². The molecule has 1 aliphatic heterocycles. The monoisotopic (exact) mass is 365 g/mol. The lowest BCUT2D eigenvalue weighted by atomic mass is 10.0. The number of tetrazole rings is 1. The number of nitrogens with zero attached hydrogens (tertiary/aromatic N) is 5. The third-order valence-electron chi connectivity index (χ3n) is 4.89. The Labute approximate surface area is 156 Å². The van der Waals surface area contributed by atoms with Crippen LogP contribution in [0.2, 0.25) is 0 Å². The predicted octanol–water partition coefficient (Wildman–Crippen LogP) is 3.26. The highest BCUT2D eigenvalue weighted by atomic mass is 19.1. The van der Waals surface area contributed by atoms with E-state index in [-0.39, 0.29) is 17.8 Å². The van der Waals surface area contributed by atoms with Crippen LogP contribution in [0.3, 0.4) is 0 Å². The molecule has 6 nitrogen and oxygen atoms in total. The van der Waals surface area contributed by atoms with Gasteiger partial charge in [-0.15, -0.1) is 10.2 Å². The lowest BCUT2D eigenvalue weighted by Crippen LogP contribution is -2.41. The maximum Gasteiger partial charge on any atom is 0.254 e. The average molecular weight is 365 g/mol. The molecule has 0 unspecified atom stereocenters. The first-order valence-corrected chi connectivity index (χ1v) is 9.02. The summed E-state index contributed by atoms with van der Waals surface area (Å²) < 4.78 is 13.3. The van der Waals surface area contributed by atoms with Gasteiger partial charge < -0.3 is 4.90 Å². The van der Waals surface area contributed by atoms with E-state index in [4.69, 9.17) is 0 Å². The number of carbonyl (C=O) groups excluding carboxylic acids is 1. The molecule has 0 saturated carbocycles. The van der Waals surface area contributed by atoms with Gasteiger partial charge in [-0.25, -0.2) is 4.39 Å². The zero-order chi connectivity index (χ0) is 18.8. The quantitative estimate of drug-likeness (QED) is 0.715. The molecule has 1 fully saturated rings. The molecule has 27 heavy (non-hydrogen) atoms. The fraction of sp³-hybridized carbons (Fsp3) is 0.300. The number of hydrogen-bond acceptors (Lipinski definition) is 4. The maximum atomic E-state index is 13.3. The van der Waals surface area contributed by atoms with E-state index in [1.54, 1.807) is 22.7 Å². The summed E-state index contributed by atoms with van der Waals surface area (Å²) in [5, 5.41) is 12.9. The minimum atomic E-state index is -0.333. The highest BCUT2D eigenvalue weighted by Gasteiger charge is 2.28. The van der Waals surface area contributed by atoms with Crippen molar-refractivity contribution in [2.45, 2.75) is 25.8 Å². The number of benzene rings is 2. The fourth-order valence-electron chi connectivity index (χ4n) is 3.45. The molecule has 1 aliphatic rings. The van der Waals surface area contributed by atoms with Gasteiger partial charge in [-0.1, -0.05) is 30.3 Å². The fourth-order valence-corrected chi connectivity index (χ4v) is 3.45. The van der Waals surface area contributed by atoms with Crippen LogP contribution in [0.5, 0.6) is 0 Å². The Hall–Kier alpha value is -3.09. The number of aromatic nitrogens is 4. The van der Waals surface area contributed by atoms with Crippen molar-refractivity contribution in [3.8, 4) is 11.4 Å². The first-order chi connectivity index (χ1) is 13.1. The van der Waals surface area contributed by atoms with E-state index in [9.17, 15) is 9.18 Å². The molecule has 1 aromatic heterocycles. The normalized spacial score (nSPS) is 17.1. The van der Waals surface area contributed by atoms with Crippen molar-refractivity contribution in [3.63, 3.8) is 0 Å². The topological polar surface area (TPSA) is 63.9 Å². The van der Waals surface area contributed by atoms with Crippen LogP contribution in [-0.4, -0.2) is 44.1 Å². The zero-order valence-electron chi connectivity index (χ0n) is 15.0. The lowest BCUT2D eigenvalue weighted by Gasteiger charge is -2.32. The summed E-state index contributed by atoms with van der Waals surface area (Å²) in [6.45, 7) is 2.94. The van der Waals surface area contributed by atoms with Crippen molar-refractivity contribution in [2.24, 2.45) is 0 Å². The van der Waals surface area contributed by atoms with Crippen LogP contribution in [0.1, 0.15) is 34.8 Å². The van der Waals surface area contributed by atoms with E-state index in [1.807, 2.05) is 30.3 Å². The molecule has 1 atom stereocenters. The molecule has 2 aromatic carbocycles. The molecule has 4 rings (SSSR count). The van der Waals surface area contributed by atoms with Gasteiger partial charge in [0.05, 0.1) is 6.04 Å². The number of rotatable bonds is 3. The van der Waals surface area contributed by atoms with Crippen LogP contribution in [0, 0.1) is 12.7 Å². The Morgan fingerprint density at radius 3 is 2.78 bits per heavy atom. The number of hydrogen-bond donors (Lipinski definition) is 0. The van der Waals surface area contributed by atoms with Crippen molar-refractivity contribution in [3.05, 3.63) is 65.5 Å². The summed E-state index contributed by atoms with van der Waals surface area (Å²) in [6.07, 6.45) is 1.75. The number of aryl methyl sites for hydroxylation is 1. The number of halogens is 1. The molecule has 7 heteroatoms. The summed E-state index contributed by atoms with van der Waals surface area (Å²) in [7, 11) is 0. The Kier molecular flexibility index (Phi) is 4.66. The Balaban J connectivity index is 1.51. The van der Waals surface area contributed by atoms with E-state index in [2.05, 4.69) is 15.4 Å². The molecule has 0 radical (unpaired) electrons. The Bertz CT molecular complexity index is 956. The molecule has 2 heterocycles. The second kappa shape index (κ2) is 7.26. The van der Waals surface area contributed by atoms with Gasteiger partial charge >= 0.3 is 0 Å². The second-order valence-electron chi connectivity index (χ2n) is 6.81. The van der Waals surface area contributed by atoms with Crippen LogP contribution in [0.4, 0.5) is 4.39 Å². The number of likely N-dealkylation sites (tertiary alicyclic amines) is 1. The van der Waals surface area contributed by atoms with Crippen molar-refractivity contribution in [1.82, 2.24) is 25.1 Å². The van der Waals surface area contributed by atoms with E-state index in [0.717, 1.165) is 18.4 Å². The summed E-state index contributed by atoms with van der Waals surface area (Å²) in [4.78, 5) is 16.3. The molecule has 0 spiro atoms. The summed E-state index contributed by atoms with van der Waals surface area (Å²) in [5.74, 6) is 0.162. The van der Waals surface area contributed by atoms with Crippen LogP contribution < -0.4 is 0 Å². The van der Waals surface area contributed by atoms with Crippen LogP contribution in [-0.2, 0) is 0 Å². The van der Waals surface area contributed by atoms with Gasteiger partial charge in [-0.05, 0) is 48.7 Å². The average Bonchev–Trinajstić information content (AvgIpc) is 3.19. The minimum Gasteiger partial charge on any atom is -0.336 e. The lowest BCUT2D eigenvalue weighted by molar-refractivity contribution is 0.0662. The molecule has 138 valence electrons. The number of amides is 1. The molecular formula is C20H20FN5O. The molecular weight excluding hydrogens is 345 g/mol. The van der Waals surface area contributed by atoms with E-state index < -0.39 is 0 Å². The van der Waals surface area contributed by atoms with Gasteiger partial charge in [0.1, 0.15) is 5.82 Å². The molecule has 0 aliphatic carbocycles. The Morgan fingerprint density at radius 1 is 1.19 bits per heavy atom. The summed E-state index contributed by atoms with van der Waals surface area (Å²) >= 11 is 0. The van der Waals surface area contributed by atoms with Crippen molar-refractivity contribution in [1.29, 1.82) is 0 Å². The standard InChI is InChI=1S/C20H20FN5O/c1-14-12-16(21)9-10-18(14)20(27)25-11-5-8-17(13-25)26-23-19(22-24-26)15-6-3-2-4-7-15/h2-4,6-7,9-10,12,17H,5,8,11,13H2,1H3/t17-/m0/s1. The summed E-state index contributed by atoms with van der Waals surface area (Å²) in [5.41, 5.74) is 2.09. The van der Waals surface area contributed by atoms with Gasteiger partial charge in [0.15, 0.2) is 0 Å². The molecule has 1 amide bonds. The third kappa shape index (κ3) is 3.58. The third-order valence-corrected chi connectivity index (χ3v) is 4.89. The predicted molar refractivity (Wildman–Crippen MR) is 98.6 cm³/mol. The van der Waals surface area contributed by atoms with Gasteiger partial charge in [0.2, 0.25) is 5.82 Å². The molecule has 0 bridgehead atoms. The highest BCUT2D eigenvalue weighted by Crippen LogP contribution is 2.23. The van der Waals surface area contributed by atoms with Crippen LogP contribution in [0.25, 0.3) is 11.4 Å². The second-order valence-corrected chi connectivity index (χ2v) is 6.81. The molecule has 0 N–H and O–H groups in total. The SMILES string of the molecule is Cc1cc(F)ccc1C(=O)N1CCC[C@H](n2nnc(-c3ccccc3)n2)C1. The van der Waals surface area contributed by atoms with Crippen LogP contribution >= 0.6 is 0 Å². The summed E-state index contributed by atoms with van der Waals surface area (Å²) in [6, 6.07) is 13.9. The number of piperidine rings is 1. The van der Waals surface area contributed by atoms with Crippen molar-refractivity contribution >= 4 is 5.91 Å². The Morgan fingerprint density at radius 2 is 2.00 bits per heavy atom. The number of carbonyl (C=O) groups is 1. The van der Waals surface area contributed by atoms with Crippen molar-refractivity contribution < 1.29 is 9.18 Å². The van der Waals surface area contributed by atoms with Gasteiger partial charge in [0, 0.05) is 24.2 Å². The smallest absolute Gasteiger partial charge is 0.254 e. The zero-order valence-corrected chi connectivity index (χ0v) is 15.0. The first kappa shape index (κ1) is 17.3. The van der Waals surface area contributed by atoms with Gasteiger partial charge in [-0.3, -0.25) is 4.79 Å². The van der Waals surface area contributed by atoms with E-state index in [0.29, 0.717) is 30.0 Å². The van der Waals surface area contributed by atoms with Crippen LogP contribution in [0.15, 0.2) is 48.5 Å². The van der Waals surface area contributed by atoms with Crippen molar-refractivity contribution in [2.75, 3.05) is 13.1 Å².